The van der Waals surface area contributed by atoms with E-state index < -0.39 is 22.0 Å². The van der Waals surface area contributed by atoms with Gasteiger partial charge in [-0.15, -0.1) is 0 Å². The number of anilines is 1. The first-order chi connectivity index (χ1) is 13.2. The quantitative estimate of drug-likeness (QED) is 0.591. The third-order valence-electron chi connectivity index (χ3n) is 7.91. The second-order valence-corrected chi connectivity index (χ2v) is 9.00. The molecule has 4 rings (SSSR count). The molecule has 1 saturated heterocycles. The van der Waals surface area contributed by atoms with Crippen LogP contribution >= 0.6 is 0 Å². The number of piperazine rings is 1. The summed E-state index contributed by atoms with van der Waals surface area (Å²) in [5, 5.41) is 0. The number of hydrogen-bond donors (Lipinski definition) is 0. The SMILES string of the molecule is COc1ccc(N2CCN(C(=O)[C@@]34CC[C@](C)(C(=O)C3=O)C4(C)C)CC2)cc1. The zero-order chi connectivity index (χ0) is 20.3. The van der Waals surface area contributed by atoms with Gasteiger partial charge in [0.05, 0.1) is 7.11 Å². The molecule has 1 heterocycles. The van der Waals surface area contributed by atoms with E-state index in [-0.39, 0.29) is 11.7 Å². The van der Waals surface area contributed by atoms with Crippen LogP contribution in [-0.2, 0) is 14.4 Å². The molecular weight excluding hydrogens is 356 g/mol. The lowest BCUT2D eigenvalue weighted by Gasteiger charge is -2.43. The predicted octanol–water partition coefficient (Wildman–Crippen LogP) is 2.31. The summed E-state index contributed by atoms with van der Waals surface area (Å²) in [4.78, 5) is 43.1. The van der Waals surface area contributed by atoms with E-state index in [2.05, 4.69) is 4.90 Å². The minimum atomic E-state index is -1.18. The molecule has 1 aliphatic heterocycles. The Morgan fingerprint density at radius 1 is 0.929 bits per heavy atom. The van der Waals surface area contributed by atoms with Gasteiger partial charge in [0.15, 0.2) is 0 Å². The summed E-state index contributed by atoms with van der Waals surface area (Å²) >= 11 is 0. The fourth-order valence-electron chi connectivity index (χ4n) is 5.47. The van der Waals surface area contributed by atoms with Crippen molar-refractivity contribution in [3.05, 3.63) is 24.3 Å². The van der Waals surface area contributed by atoms with Gasteiger partial charge in [-0.25, -0.2) is 0 Å². The van der Waals surface area contributed by atoms with Crippen molar-refractivity contribution in [2.24, 2.45) is 16.2 Å². The standard InChI is InChI=1S/C22H28N2O4/c1-20(2)21(3)9-10-22(20,18(26)17(21)25)19(27)24-13-11-23(12-14-24)15-5-7-16(28-4)8-6-15/h5-8H,9-14H2,1-4H3/t21-,22-/m1/s1. The highest BCUT2D eigenvalue weighted by atomic mass is 16.5. The van der Waals surface area contributed by atoms with Crippen LogP contribution in [-0.4, -0.2) is 55.7 Å². The molecule has 2 atom stereocenters. The Bertz CT molecular complexity index is 839. The van der Waals surface area contributed by atoms with Crippen LogP contribution in [0.3, 0.4) is 0 Å². The molecule has 2 aliphatic carbocycles. The van der Waals surface area contributed by atoms with E-state index in [1.54, 1.807) is 12.0 Å². The second-order valence-electron chi connectivity index (χ2n) is 9.00. The number of ether oxygens (including phenoxy) is 1. The van der Waals surface area contributed by atoms with Crippen LogP contribution in [0.15, 0.2) is 24.3 Å². The summed E-state index contributed by atoms with van der Waals surface area (Å²) in [5.74, 6) is -0.151. The number of nitrogens with zero attached hydrogens (tertiary/aromatic N) is 2. The third kappa shape index (κ3) is 2.17. The van der Waals surface area contributed by atoms with Crippen LogP contribution in [0.5, 0.6) is 5.75 Å². The average molecular weight is 384 g/mol. The number of ketones is 2. The lowest BCUT2D eigenvalue weighted by molar-refractivity contribution is -0.155. The van der Waals surface area contributed by atoms with Crippen molar-refractivity contribution >= 4 is 23.2 Å². The lowest BCUT2D eigenvalue weighted by Crippen LogP contribution is -2.57. The van der Waals surface area contributed by atoms with Gasteiger partial charge in [-0.05, 0) is 42.5 Å². The molecule has 2 bridgehead atoms. The van der Waals surface area contributed by atoms with E-state index in [9.17, 15) is 14.4 Å². The van der Waals surface area contributed by atoms with E-state index in [1.807, 2.05) is 45.0 Å². The van der Waals surface area contributed by atoms with E-state index in [0.717, 1.165) is 11.4 Å². The summed E-state index contributed by atoms with van der Waals surface area (Å²) in [6, 6.07) is 7.88. The van der Waals surface area contributed by atoms with Crippen molar-refractivity contribution in [2.75, 3.05) is 38.2 Å². The second kappa shape index (κ2) is 6.06. The number of Topliss-reactive ketones (excluding diaryl/α,β-unsaturated/α-hetero) is 2. The minimum Gasteiger partial charge on any atom is -0.497 e. The van der Waals surface area contributed by atoms with Crippen molar-refractivity contribution in [1.29, 1.82) is 0 Å². The van der Waals surface area contributed by atoms with Gasteiger partial charge < -0.3 is 14.5 Å². The minimum absolute atomic E-state index is 0.147. The summed E-state index contributed by atoms with van der Waals surface area (Å²) < 4.78 is 5.20. The maximum Gasteiger partial charge on any atom is 0.237 e. The largest absolute Gasteiger partial charge is 0.497 e. The normalized spacial score (nSPS) is 31.4. The first kappa shape index (κ1) is 19.0. The Kier molecular flexibility index (Phi) is 4.11. The van der Waals surface area contributed by atoms with E-state index in [4.69, 9.17) is 4.74 Å². The van der Waals surface area contributed by atoms with Crippen molar-refractivity contribution in [2.45, 2.75) is 33.6 Å². The van der Waals surface area contributed by atoms with Crippen molar-refractivity contribution < 1.29 is 19.1 Å². The number of benzene rings is 1. The Hall–Kier alpha value is -2.37. The molecular formula is C22H28N2O4. The Labute approximate surface area is 165 Å². The summed E-state index contributed by atoms with van der Waals surface area (Å²) in [6.07, 6.45) is 1.10. The average Bonchev–Trinajstić information content (AvgIpc) is 2.99. The van der Waals surface area contributed by atoms with Crippen LogP contribution < -0.4 is 9.64 Å². The molecule has 150 valence electrons. The van der Waals surface area contributed by atoms with Crippen LogP contribution in [0, 0.1) is 16.2 Å². The molecule has 0 unspecified atom stereocenters. The smallest absolute Gasteiger partial charge is 0.237 e. The number of carbonyl (C=O) groups is 3. The number of hydrogen-bond acceptors (Lipinski definition) is 5. The molecule has 0 spiro atoms. The molecule has 1 aromatic rings. The number of methoxy groups -OCH3 is 1. The number of rotatable bonds is 3. The summed E-state index contributed by atoms with van der Waals surface area (Å²) in [6.45, 7) is 8.23. The van der Waals surface area contributed by atoms with Crippen molar-refractivity contribution in [3.8, 4) is 5.75 Å². The molecule has 0 radical (unpaired) electrons. The van der Waals surface area contributed by atoms with Crippen LogP contribution in [0.25, 0.3) is 0 Å². The zero-order valence-electron chi connectivity index (χ0n) is 17.1. The molecule has 6 nitrogen and oxygen atoms in total. The molecule has 28 heavy (non-hydrogen) atoms. The van der Waals surface area contributed by atoms with Crippen molar-refractivity contribution in [1.82, 2.24) is 4.90 Å². The van der Waals surface area contributed by atoms with Crippen LogP contribution in [0.4, 0.5) is 5.69 Å². The number of fused-ring (bicyclic) bond motifs is 2. The van der Waals surface area contributed by atoms with Gasteiger partial charge in [-0.3, -0.25) is 14.4 Å². The van der Waals surface area contributed by atoms with Gasteiger partial charge in [0.25, 0.3) is 0 Å². The molecule has 1 aromatic carbocycles. The number of amides is 1. The van der Waals surface area contributed by atoms with Gasteiger partial charge in [0.2, 0.25) is 17.5 Å². The summed E-state index contributed by atoms with van der Waals surface area (Å²) in [7, 11) is 1.64. The van der Waals surface area contributed by atoms with Crippen molar-refractivity contribution in [3.63, 3.8) is 0 Å². The molecule has 0 N–H and O–H groups in total. The molecule has 0 aromatic heterocycles. The van der Waals surface area contributed by atoms with Crippen LogP contribution in [0.1, 0.15) is 33.6 Å². The lowest BCUT2D eigenvalue weighted by atomic mass is 9.64. The van der Waals surface area contributed by atoms with E-state index in [0.29, 0.717) is 39.0 Å². The van der Waals surface area contributed by atoms with Crippen LogP contribution in [0.2, 0.25) is 0 Å². The number of carbonyl (C=O) groups excluding carboxylic acids is 3. The molecule has 2 saturated carbocycles. The van der Waals surface area contributed by atoms with E-state index in [1.165, 1.54) is 0 Å². The fourth-order valence-corrected chi connectivity index (χ4v) is 5.47. The topological polar surface area (TPSA) is 66.9 Å². The maximum atomic E-state index is 13.5. The third-order valence-corrected chi connectivity index (χ3v) is 7.91. The first-order valence-corrected chi connectivity index (χ1v) is 9.97. The highest BCUT2D eigenvalue weighted by Crippen LogP contribution is 2.69. The zero-order valence-corrected chi connectivity index (χ0v) is 17.1. The fraction of sp³-hybridized carbons (Fsp3) is 0.591. The molecule has 1 amide bonds. The Morgan fingerprint density at radius 2 is 1.54 bits per heavy atom. The van der Waals surface area contributed by atoms with Gasteiger partial charge in [0.1, 0.15) is 11.2 Å². The maximum absolute atomic E-state index is 13.5. The van der Waals surface area contributed by atoms with E-state index >= 15 is 0 Å². The van der Waals surface area contributed by atoms with Gasteiger partial charge >= 0.3 is 0 Å². The highest BCUT2D eigenvalue weighted by Gasteiger charge is 2.78. The molecule has 6 heteroatoms. The monoisotopic (exact) mass is 384 g/mol. The predicted molar refractivity (Wildman–Crippen MR) is 105 cm³/mol. The van der Waals surface area contributed by atoms with Gasteiger partial charge in [-0.1, -0.05) is 20.8 Å². The first-order valence-electron chi connectivity index (χ1n) is 9.97. The van der Waals surface area contributed by atoms with Gasteiger partial charge in [-0.2, -0.15) is 0 Å². The molecule has 3 fully saturated rings. The highest BCUT2D eigenvalue weighted by molar-refractivity contribution is 6.48. The summed E-state index contributed by atoms with van der Waals surface area (Å²) in [5.41, 5.74) is -1.45. The van der Waals surface area contributed by atoms with Gasteiger partial charge in [0, 0.05) is 37.3 Å². The Balaban J connectivity index is 1.51. The molecule has 3 aliphatic rings. The Morgan fingerprint density at radius 3 is 2.04 bits per heavy atom.